The maximum absolute atomic E-state index is 13.0. The van der Waals surface area contributed by atoms with Crippen LogP contribution >= 0.6 is 11.3 Å². The Morgan fingerprint density at radius 3 is 2.90 bits per heavy atom. The number of pyridine rings is 1. The van der Waals surface area contributed by atoms with Gasteiger partial charge in [0.1, 0.15) is 6.10 Å². The number of fused-ring (bicyclic) bond motifs is 1. The van der Waals surface area contributed by atoms with Crippen molar-refractivity contribution >= 4 is 33.3 Å². The molecule has 0 bridgehead atoms. The highest BCUT2D eigenvalue weighted by atomic mass is 32.1. The van der Waals surface area contributed by atoms with Crippen LogP contribution in [0.4, 0.5) is 5.13 Å². The number of thiazole rings is 1. The van der Waals surface area contributed by atoms with Gasteiger partial charge in [-0.2, -0.15) is 0 Å². The van der Waals surface area contributed by atoms with Gasteiger partial charge in [0, 0.05) is 36.1 Å². The second kappa shape index (κ2) is 8.79. The lowest BCUT2D eigenvalue weighted by Crippen LogP contribution is -2.45. The summed E-state index contributed by atoms with van der Waals surface area (Å²) < 4.78 is 6.13. The van der Waals surface area contributed by atoms with Gasteiger partial charge in [0.15, 0.2) is 5.13 Å². The molecule has 0 spiro atoms. The minimum Gasteiger partial charge on any atom is -0.369 e. The minimum atomic E-state index is -0.162. The highest BCUT2D eigenvalue weighted by Gasteiger charge is 2.29. The summed E-state index contributed by atoms with van der Waals surface area (Å²) in [4.78, 5) is 24.7. The van der Waals surface area contributed by atoms with Crippen LogP contribution < -0.4 is 5.32 Å². The zero-order valence-electron chi connectivity index (χ0n) is 16.9. The topological polar surface area (TPSA) is 67.4 Å². The molecule has 1 saturated heterocycles. The largest absolute Gasteiger partial charge is 0.369 e. The van der Waals surface area contributed by atoms with Gasteiger partial charge in [0.2, 0.25) is 0 Å². The number of carbonyl (C=O) groups is 1. The van der Waals surface area contributed by atoms with E-state index in [0.29, 0.717) is 23.3 Å². The number of anilines is 1. The zero-order chi connectivity index (χ0) is 20.3. The van der Waals surface area contributed by atoms with Crippen molar-refractivity contribution < 1.29 is 9.53 Å². The van der Waals surface area contributed by atoms with Gasteiger partial charge in [-0.15, -0.1) is 11.3 Å². The van der Waals surface area contributed by atoms with Crippen LogP contribution in [-0.2, 0) is 4.74 Å². The van der Waals surface area contributed by atoms with Crippen molar-refractivity contribution in [3.8, 4) is 0 Å². The Balaban J connectivity index is 1.44. The maximum Gasteiger partial charge on any atom is 0.258 e. The maximum atomic E-state index is 13.0. The number of amides is 1. The fraction of sp³-hybridized carbons (Fsp3) is 0.435. The molecule has 1 atom stereocenters. The summed E-state index contributed by atoms with van der Waals surface area (Å²) in [6.45, 7) is 2.52. The zero-order valence-corrected chi connectivity index (χ0v) is 17.7. The van der Waals surface area contributed by atoms with E-state index in [0.717, 1.165) is 29.7 Å². The van der Waals surface area contributed by atoms with Crippen LogP contribution in [0.25, 0.3) is 10.9 Å². The predicted octanol–water partition coefficient (Wildman–Crippen LogP) is 4.65. The molecule has 3 heterocycles. The van der Waals surface area contributed by atoms with Gasteiger partial charge in [0.05, 0.1) is 23.4 Å². The average Bonchev–Trinajstić information content (AvgIpc) is 3.32. The van der Waals surface area contributed by atoms with Crippen molar-refractivity contribution in [2.24, 2.45) is 0 Å². The number of hydrogen-bond donors (Lipinski definition) is 1. The Morgan fingerprint density at radius 1 is 1.20 bits per heavy atom. The van der Waals surface area contributed by atoms with E-state index in [1.165, 1.54) is 43.4 Å². The third kappa shape index (κ3) is 4.10. The smallest absolute Gasteiger partial charge is 0.258 e. The van der Waals surface area contributed by atoms with Gasteiger partial charge in [-0.1, -0.05) is 37.5 Å². The third-order valence-electron chi connectivity index (χ3n) is 6.15. The number of aromatic nitrogens is 2. The summed E-state index contributed by atoms with van der Waals surface area (Å²) in [6, 6.07) is 10.3. The lowest BCUT2D eigenvalue weighted by Gasteiger charge is -2.39. The fourth-order valence-electron chi connectivity index (χ4n) is 4.62. The lowest BCUT2D eigenvalue weighted by atomic mass is 9.93. The Morgan fingerprint density at radius 2 is 2.07 bits per heavy atom. The molecule has 1 aromatic carbocycles. The summed E-state index contributed by atoms with van der Waals surface area (Å²) in [6.07, 6.45) is 8.12. The van der Waals surface area contributed by atoms with Crippen molar-refractivity contribution in [2.75, 3.05) is 25.0 Å². The lowest BCUT2D eigenvalue weighted by molar-refractivity contribution is -0.0515. The van der Waals surface area contributed by atoms with Crippen LogP contribution in [-0.4, -0.2) is 46.5 Å². The molecular formula is C23H26N4O2S. The normalized spacial score (nSPS) is 21.0. The molecule has 7 heteroatoms. The van der Waals surface area contributed by atoms with Gasteiger partial charge < -0.3 is 4.74 Å². The Bertz CT molecular complexity index is 1020. The molecule has 1 saturated carbocycles. The van der Waals surface area contributed by atoms with Crippen LogP contribution in [0.3, 0.4) is 0 Å². The molecule has 2 aliphatic rings. The predicted molar refractivity (Wildman–Crippen MR) is 119 cm³/mol. The SMILES string of the molecule is O=C(Nc1nccs1)c1cc([C@H]2CN(C3CCCCC3)CCO2)nc2ccccc12. The molecule has 2 aromatic heterocycles. The Hall–Kier alpha value is -2.35. The number of nitrogens with zero attached hydrogens (tertiary/aromatic N) is 3. The highest BCUT2D eigenvalue weighted by molar-refractivity contribution is 7.13. The average molecular weight is 423 g/mol. The number of ether oxygens (including phenoxy) is 1. The number of para-hydroxylation sites is 1. The van der Waals surface area contributed by atoms with Gasteiger partial charge in [0.25, 0.3) is 5.91 Å². The summed E-state index contributed by atoms with van der Waals surface area (Å²) in [5.41, 5.74) is 2.26. The van der Waals surface area contributed by atoms with E-state index in [1.807, 2.05) is 35.7 Å². The molecule has 156 valence electrons. The van der Waals surface area contributed by atoms with Crippen LogP contribution in [0.1, 0.15) is 54.3 Å². The number of benzene rings is 1. The van der Waals surface area contributed by atoms with Crippen molar-refractivity contribution in [1.82, 2.24) is 14.9 Å². The second-order valence-electron chi connectivity index (χ2n) is 8.05. The van der Waals surface area contributed by atoms with Gasteiger partial charge in [-0.25, -0.2) is 9.97 Å². The van der Waals surface area contributed by atoms with Gasteiger partial charge >= 0.3 is 0 Å². The van der Waals surface area contributed by atoms with Crippen LogP contribution in [0, 0.1) is 0 Å². The van der Waals surface area contributed by atoms with E-state index < -0.39 is 0 Å². The minimum absolute atomic E-state index is 0.114. The van der Waals surface area contributed by atoms with E-state index >= 15 is 0 Å². The monoisotopic (exact) mass is 422 g/mol. The summed E-state index contributed by atoms with van der Waals surface area (Å²) in [5, 5.41) is 6.20. The first-order valence-electron chi connectivity index (χ1n) is 10.7. The molecule has 3 aromatic rings. The highest BCUT2D eigenvalue weighted by Crippen LogP contribution is 2.30. The van der Waals surface area contributed by atoms with Gasteiger partial charge in [-0.3, -0.25) is 15.0 Å². The quantitative estimate of drug-likeness (QED) is 0.663. The number of hydrogen-bond acceptors (Lipinski definition) is 6. The third-order valence-corrected chi connectivity index (χ3v) is 6.84. The molecule has 30 heavy (non-hydrogen) atoms. The molecule has 6 nitrogen and oxygen atoms in total. The number of carbonyl (C=O) groups excluding carboxylic acids is 1. The van der Waals surface area contributed by atoms with Crippen molar-refractivity contribution in [2.45, 2.75) is 44.2 Å². The molecule has 1 aliphatic carbocycles. The van der Waals surface area contributed by atoms with Crippen LogP contribution in [0.15, 0.2) is 41.9 Å². The number of rotatable bonds is 4. The van der Waals surface area contributed by atoms with E-state index in [1.54, 1.807) is 6.20 Å². The Kier molecular flexibility index (Phi) is 5.75. The summed E-state index contributed by atoms with van der Waals surface area (Å²) in [5.74, 6) is -0.162. The first-order chi connectivity index (χ1) is 14.8. The van der Waals surface area contributed by atoms with E-state index in [9.17, 15) is 4.79 Å². The Labute approximate surface area is 180 Å². The molecule has 0 unspecified atom stereocenters. The summed E-state index contributed by atoms with van der Waals surface area (Å²) >= 11 is 1.41. The van der Waals surface area contributed by atoms with Crippen molar-refractivity contribution in [3.63, 3.8) is 0 Å². The van der Waals surface area contributed by atoms with E-state index in [2.05, 4.69) is 15.2 Å². The van der Waals surface area contributed by atoms with Crippen molar-refractivity contribution in [1.29, 1.82) is 0 Å². The van der Waals surface area contributed by atoms with E-state index in [-0.39, 0.29) is 12.0 Å². The molecule has 1 amide bonds. The second-order valence-corrected chi connectivity index (χ2v) is 8.94. The van der Waals surface area contributed by atoms with E-state index in [4.69, 9.17) is 9.72 Å². The first-order valence-corrected chi connectivity index (χ1v) is 11.6. The molecular weight excluding hydrogens is 396 g/mol. The first kappa shape index (κ1) is 19.6. The molecule has 5 rings (SSSR count). The van der Waals surface area contributed by atoms with Crippen LogP contribution in [0.5, 0.6) is 0 Å². The molecule has 2 fully saturated rings. The molecule has 0 radical (unpaired) electrons. The van der Waals surface area contributed by atoms with Crippen LogP contribution in [0.2, 0.25) is 0 Å². The van der Waals surface area contributed by atoms with Gasteiger partial charge in [-0.05, 0) is 25.0 Å². The van der Waals surface area contributed by atoms with Crippen molar-refractivity contribution in [3.05, 3.63) is 53.2 Å². The number of morpholine rings is 1. The molecule has 1 aliphatic heterocycles. The summed E-state index contributed by atoms with van der Waals surface area (Å²) in [7, 11) is 0. The molecule has 1 N–H and O–H groups in total. The standard InChI is InChI=1S/C23H26N4O2S/c28-22(26-23-24-10-13-30-23)18-14-20(25-19-9-5-4-8-17(18)19)21-15-27(11-12-29-21)16-6-2-1-3-7-16/h4-5,8-10,13-14,16,21H,1-3,6-7,11-12,15H2,(H,24,26,28)/t21-/m1/s1. The fourth-order valence-corrected chi connectivity index (χ4v) is 5.15. The number of nitrogens with one attached hydrogen (secondary N) is 1.